The van der Waals surface area contributed by atoms with E-state index in [0.717, 1.165) is 49.9 Å². The lowest BCUT2D eigenvalue weighted by molar-refractivity contribution is 1.36. The van der Waals surface area contributed by atoms with E-state index >= 15 is 0 Å². The first-order valence-electron chi connectivity index (χ1n) is 10.8. The van der Waals surface area contributed by atoms with Gasteiger partial charge in [0.2, 0.25) is 0 Å². The molecule has 0 atom stereocenters. The highest BCUT2D eigenvalue weighted by Crippen LogP contribution is 2.39. The van der Waals surface area contributed by atoms with Gasteiger partial charge >= 0.3 is 0 Å². The molecule has 2 aromatic heterocycles. The minimum atomic E-state index is 0. The number of para-hydroxylation sites is 2. The Morgan fingerprint density at radius 1 is 0.382 bits per heavy atom. The molecule has 0 aliphatic heterocycles. The highest BCUT2D eigenvalue weighted by atomic mass is 79.9. The van der Waals surface area contributed by atoms with Crippen LogP contribution >= 0.6 is 34.0 Å². The zero-order chi connectivity index (χ0) is 21.3. The molecule has 166 valence electrons. The number of halogens is 2. The molecule has 0 unspecified atom stereocenters. The third-order valence-electron chi connectivity index (χ3n) is 5.88. The summed E-state index contributed by atoms with van der Waals surface area (Å²) in [7, 11) is 0. The Bertz CT molecular complexity index is 1580. The van der Waals surface area contributed by atoms with Gasteiger partial charge in [0, 0.05) is 21.9 Å². The fraction of sp³-hybridized carbons (Fsp3) is 0. The summed E-state index contributed by atoms with van der Waals surface area (Å²) in [5.41, 5.74) is 8.39. The molecule has 34 heavy (non-hydrogen) atoms. The molecule has 2 nitrogen and oxygen atoms in total. The van der Waals surface area contributed by atoms with Crippen LogP contribution < -0.4 is 0 Å². The average Bonchev–Trinajstić information content (AvgIpc) is 2.88. The van der Waals surface area contributed by atoms with Gasteiger partial charge in [-0.25, -0.2) is 9.97 Å². The van der Waals surface area contributed by atoms with Crippen molar-refractivity contribution in [2.75, 3.05) is 0 Å². The zero-order valence-corrected chi connectivity index (χ0v) is 21.7. The van der Waals surface area contributed by atoms with Gasteiger partial charge < -0.3 is 0 Å². The van der Waals surface area contributed by atoms with Crippen LogP contribution in [-0.4, -0.2) is 9.97 Å². The predicted molar refractivity (Wildman–Crippen MR) is 154 cm³/mol. The monoisotopic (exact) mass is 568 g/mol. The number of nitrogens with zero attached hydrogens (tertiary/aromatic N) is 2. The van der Waals surface area contributed by atoms with Crippen molar-refractivity contribution in [3.63, 3.8) is 0 Å². The normalized spacial score (nSPS) is 10.5. The lowest BCUT2D eigenvalue weighted by atomic mass is 9.91. The van der Waals surface area contributed by atoms with E-state index in [1.807, 2.05) is 30.3 Å². The average molecular weight is 570 g/mol. The Morgan fingerprint density at radius 2 is 0.912 bits per heavy atom. The number of benzene rings is 4. The first kappa shape index (κ1) is 23.8. The number of hydrogen-bond donors (Lipinski definition) is 0. The minimum Gasteiger partial charge on any atom is -0.248 e. The molecule has 0 saturated carbocycles. The molecule has 6 rings (SSSR count). The summed E-state index contributed by atoms with van der Waals surface area (Å²) in [5.74, 6) is 0. The van der Waals surface area contributed by atoms with Crippen LogP contribution in [0.4, 0.5) is 0 Å². The Balaban J connectivity index is 0.00000137. The van der Waals surface area contributed by atoms with Crippen LogP contribution in [0.2, 0.25) is 0 Å². The van der Waals surface area contributed by atoms with Gasteiger partial charge in [0.1, 0.15) is 0 Å². The van der Waals surface area contributed by atoms with Gasteiger partial charge in [0.05, 0.1) is 22.4 Å². The Kier molecular flexibility index (Phi) is 7.20. The van der Waals surface area contributed by atoms with E-state index in [4.69, 9.17) is 9.97 Å². The molecule has 0 N–H and O–H groups in total. The second-order valence-corrected chi connectivity index (χ2v) is 7.87. The molecule has 0 aliphatic rings. The second kappa shape index (κ2) is 10.3. The van der Waals surface area contributed by atoms with Gasteiger partial charge in [-0.2, -0.15) is 0 Å². The van der Waals surface area contributed by atoms with Gasteiger partial charge in [0.25, 0.3) is 0 Å². The van der Waals surface area contributed by atoms with Crippen molar-refractivity contribution in [2.24, 2.45) is 0 Å². The van der Waals surface area contributed by atoms with Gasteiger partial charge in [-0.3, -0.25) is 0 Å². The van der Waals surface area contributed by atoms with Crippen LogP contribution in [0.15, 0.2) is 121 Å². The van der Waals surface area contributed by atoms with E-state index in [-0.39, 0.29) is 34.0 Å². The van der Waals surface area contributed by atoms with Crippen molar-refractivity contribution < 1.29 is 0 Å². The van der Waals surface area contributed by atoms with Crippen molar-refractivity contribution in [1.29, 1.82) is 0 Å². The van der Waals surface area contributed by atoms with Gasteiger partial charge in [0.15, 0.2) is 0 Å². The maximum Gasteiger partial charge on any atom is 0.0722 e. The molecular weight excluding hydrogens is 548 g/mol. The van der Waals surface area contributed by atoms with Crippen molar-refractivity contribution in [1.82, 2.24) is 9.97 Å². The third-order valence-corrected chi connectivity index (χ3v) is 5.88. The van der Waals surface area contributed by atoms with Crippen molar-refractivity contribution in [2.45, 2.75) is 0 Å². The van der Waals surface area contributed by atoms with Crippen LogP contribution in [-0.2, 0) is 0 Å². The summed E-state index contributed by atoms with van der Waals surface area (Å²) < 4.78 is 0. The summed E-state index contributed by atoms with van der Waals surface area (Å²) in [5, 5.41) is 2.28. The standard InChI is InChI=1S/C30H20N2.2BrH/c1-2-9-21(10-3-1)24-13-8-14-25(28-19-17-22-11-4-6-15-26(22)31-28)30(24)29-20-18-23-12-5-7-16-27(23)32-29;;/h1-20H;2*1H. The number of hydrogen-bond acceptors (Lipinski definition) is 2. The van der Waals surface area contributed by atoms with Crippen LogP contribution in [0.25, 0.3) is 55.4 Å². The maximum atomic E-state index is 5.05. The van der Waals surface area contributed by atoms with Gasteiger partial charge in [-0.1, -0.05) is 97.1 Å². The van der Waals surface area contributed by atoms with Crippen LogP contribution in [0.5, 0.6) is 0 Å². The van der Waals surface area contributed by atoms with Gasteiger partial charge in [-0.05, 0) is 35.4 Å². The first-order valence-corrected chi connectivity index (χ1v) is 10.8. The van der Waals surface area contributed by atoms with E-state index in [9.17, 15) is 0 Å². The van der Waals surface area contributed by atoms with E-state index in [0.29, 0.717) is 0 Å². The molecule has 4 heteroatoms. The molecule has 6 aromatic rings. The summed E-state index contributed by atoms with van der Waals surface area (Å²) in [6.45, 7) is 0. The summed E-state index contributed by atoms with van der Waals surface area (Å²) in [6.07, 6.45) is 0. The third kappa shape index (κ3) is 4.39. The Labute approximate surface area is 219 Å². The van der Waals surface area contributed by atoms with Crippen molar-refractivity contribution >= 4 is 55.8 Å². The maximum absolute atomic E-state index is 5.05. The van der Waals surface area contributed by atoms with E-state index in [2.05, 4.69) is 91.0 Å². The largest absolute Gasteiger partial charge is 0.248 e. The molecule has 0 aliphatic carbocycles. The molecule has 0 amide bonds. The molecule has 2 heterocycles. The summed E-state index contributed by atoms with van der Waals surface area (Å²) in [4.78, 5) is 10.1. The number of pyridine rings is 2. The molecule has 0 spiro atoms. The molecular formula is C30H22Br2N2. The summed E-state index contributed by atoms with van der Waals surface area (Å²) in [6, 6.07) is 41.9. The topological polar surface area (TPSA) is 25.8 Å². The van der Waals surface area contributed by atoms with Crippen LogP contribution in [0, 0.1) is 0 Å². The van der Waals surface area contributed by atoms with Gasteiger partial charge in [-0.15, -0.1) is 34.0 Å². The first-order chi connectivity index (χ1) is 15.9. The number of fused-ring (bicyclic) bond motifs is 2. The highest BCUT2D eigenvalue weighted by molar-refractivity contribution is 8.93. The van der Waals surface area contributed by atoms with Crippen LogP contribution in [0.3, 0.4) is 0 Å². The van der Waals surface area contributed by atoms with Crippen LogP contribution in [0.1, 0.15) is 0 Å². The zero-order valence-electron chi connectivity index (χ0n) is 18.3. The van der Waals surface area contributed by atoms with E-state index in [1.165, 1.54) is 5.56 Å². The highest BCUT2D eigenvalue weighted by Gasteiger charge is 2.16. The number of rotatable bonds is 3. The lowest BCUT2D eigenvalue weighted by Crippen LogP contribution is -1.95. The SMILES string of the molecule is Br.Br.c1ccc(-c2cccc(-c3ccc4ccccc4n3)c2-c2ccc3ccccc3n2)cc1. The minimum absolute atomic E-state index is 0. The fourth-order valence-electron chi connectivity index (χ4n) is 4.32. The lowest BCUT2D eigenvalue weighted by Gasteiger charge is -2.16. The van der Waals surface area contributed by atoms with Crippen molar-refractivity contribution in [3.8, 4) is 33.6 Å². The fourth-order valence-corrected chi connectivity index (χ4v) is 4.32. The Hall–Kier alpha value is -3.34. The molecule has 4 aromatic carbocycles. The quantitative estimate of drug-likeness (QED) is 0.212. The predicted octanol–water partition coefficient (Wildman–Crippen LogP) is 8.94. The number of aromatic nitrogens is 2. The van der Waals surface area contributed by atoms with E-state index < -0.39 is 0 Å². The molecule has 0 saturated heterocycles. The smallest absolute Gasteiger partial charge is 0.0722 e. The molecule has 0 fully saturated rings. The molecule has 0 radical (unpaired) electrons. The van der Waals surface area contributed by atoms with E-state index in [1.54, 1.807) is 0 Å². The Morgan fingerprint density at radius 3 is 1.59 bits per heavy atom. The summed E-state index contributed by atoms with van der Waals surface area (Å²) >= 11 is 0. The molecule has 0 bridgehead atoms. The second-order valence-electron chi connectivity index (χ2n) is 7.87. The van der Waals surface area contributed by atoms with Crippen molar-refractivity contribution in [3.05, 3.63) is 121 Å².